The first kappa shape index (κ1) is 14.0. The minimum Gasteiger partial charge on any atom is -0.379 e. The van der Waals surface area contributed by atoms with Gasteiger partial charge in [-0.1, -0.05) is 0 Å². The maximum Gasteiger partial charge on any atom is 0.208 e. The monoisotopic (exact) mass is 290 g/mol. The molecule has 0 aliphatic carbocycles. The van der Waals surface area contributed by atoms with E-state index in [0.717, 1.165) is 18.7 Å². The molecule has 1 aromatic rings. The van der Waals surface area contributed by atoms with Gasteiger partial charge in [-0.2, -0.15) is 11.3 Å². The van der Waals surface area contributed by atoms with Gasteiger partial charge in [0.25, 0.3) is 0 Å². The molecule has 0 aromatic carbocycles. The Hall–Kier alpha value is -0.470. The predicted octanol–water partition coefficient (Wildman–Crippen LogP) is 0.671. The predicted molar refractivity (Wildman–Crippen MR) is 72.3 cm³/mol. The second kappa shape index (κ2) is 6.12. The molecular weight excluding hydrogens is 272 g/mol. The average molecular weight is 290 g/mol. The van der Waals surface area contributed by atoms with Crippen molar-refractivity contribution in [1.82, 2.24) is 9.62 Å². The summed E-state index contributed by atoms with van der Waals surface area (Å²) in [4.78, 5) is 2.27. The lowest BCUT2D eigenvalue weighted by Gasteiger charge is -2.34. The molecule has 5 nitrogen and oxygen atoms in total. The summed E-state index contributed by atoms with van der Waals surface area (Å²) in [7, 11) is -3.15. The van der Waals surface area contributed by atoms with Crippen LogP contribution in [0.4, 0.5) is 0 Å². The Bertz CT molecular complexity index is 453. The molecule has 102 valence electrons. The fraction of sp³-hybridized carbons (Fsp3) is 0.636. The summed E-state index contributed by atoms with van der Waals surface area (Å²) in [6.07, 6.45) is 1.19. The Kier molecular flexibility index (Phi) is 4.74. The van der Waals surface area contributed by atoms with Crippen LogP contribution in [0.1, 0.15) is 11.6 Å². The fourth-order valence-corrected chi connectivity index (χ4v) is 3.21. The highest BCUT2D eigenvalue weighted by molar-refractivity contribution is 7.88. The Morgan fingerprint density at radius 2 is 2.22 bits per heavy atom. The van der Waals surface area contributed by atoms with E-state index in [4.69, 9.17) is 4.74 Å². The third-order valence-electron chi connectivity index (χ3n) is 2.95. The van der Waals surface area contributed by atoms with Crippen LogP contribution >= 0.6 is 11.3 Å². The second-order valence-corrected chi connectivity index (χ2v) is 6.95. The number of rotatable bonds is 5. The quantitative estimate of drug-likeness (QED) is 0.866. The van der Waals surface area contributed by atoms with Crippen molar-refractivity contribution in [2.45, 2.75) is 6.04 Å². The van der Waals surface area contributed by atoms with Gasteiger partial charge >= 0.3 is 0 Å². The molecule has 1 atom stereocenters. The molecule has 1 fully saturated rings. The Balaban J connectivity index is 2.07. The van der Waals surface area contributed by atoms with Gasteiger partial charge in [0.1, 0.15) is 0 Å². The van der Waals surface area contributed by atoms with E-state index in [1.54, 1.807) is 11.3 Å². The Morgan fingerprint density at radius 1 is 1.50 bits per heavy atom. The minimum absolute atomic E-state index is 0.0925. The molecule has 1 aliphatic heterocycles. The van der Waals surface area contributed by atoms with Gasteiger partial charge in [0.05, 0.1) is 19.5 Å². The van der Waals surface area contributed by atoms with E-state index in [0.29, 0.717) is 19.8 Å². The lowest BCUT2D eigenvalue weighted by atomic mass is 10.1. The van der Waals surface area contributed by atoms with Gasteiger partial charge in [-0.05, 0) is 22.4 Å². The van der Waals surface area contributed by atoms with Crippen LogP contribution in [0.25, 0.3) is 0 Å². The second-order valence-electron chi connectivity index (χ2n) is 4.34. The van der Waals surface area contributed by atoms with Crippen LogP contribution in [-0.2, 0) is 14.8 Å². The standard InChI is InChI=1S/C11H18N2O3S2/c1-18(14,15)12-8-11(10-2-7-17-9-10)13-3-5-16-6-4-13/h2,7,9,11-12H,3-6,8H2,1H3. The van der Waals surface area contributed by atoms with E-state index < -0.39 is 10.0 Å². The highest BCUT2D eigenvalue weighted by Crippen LogP contribution is 2.23. The molecule has 2 rings (SSSR count). The smallest absolute Gasteiger partial charge is 0.208 e. The molecular formula is C11H18N2O3S2. The summed E-state index contributed by atoms with van der Waals surface area (Å²) in [5, 5.41) is 4.09. The van der Waals surface area contributed by atoms with E-state index in [9.17, 15) is 8.42 Å². The molecule has 1 saturated heterocycles. The maximum absolute atomic E-state index is 11.2. The molecule has 7 heteroatoms. The van der Waals surface area contributed by atoms with Gasteiger partial charge in [-0.25, -0.2) is 13.1 Å². The molecule has 1 N–H and O–H groups in total. The molecule has 0 saturated carbocycles. The van der Waals surface area contributed by atoms with Gasteiger partial charge in [0.15, 0.2) is 0 Å². The minimum atomic E-state index is -3.15. The average Bonchev–Trinajstić information content (AvgIpc) is 2.83. The molecule has 2 heterocycles. The number of ether oxygens (including phenoxy) is 1. The number of nitrogens with one attached hydrogen (secondary N) is 1. The molecule has 18 heavy (non-hydrogen) atoms. The van der Waals surface area contributed by atoms with Crippen LogP contribution < -0.4 is 4.72 Å². The van der Waals surface area contributed by atoms with Crippen LogP contribution in [0.3, 0.4) is 0 Å². The zero-order valence-corrected chi connectivity index (χ0v) is 12.0. The van der Waals surface area contributed by atoms with Crippen molar-refractivity contribution in [2.75, 3.05) is 39.1 Å². The third kappa shape index (κ3) is 4.03. The summed E-state index contributed by atoms with van der Waals surface area (Å²) in [5.74, 6) is 0. The van der Waals surface area contributed by atoms with Gasteiger partial charge in [0.2, 0.25) is 10.0 Å². The number of nitrogens with zero attached hydrogens (tertiary/aromatic N) is 1. The van der Waals surface area contributed by atoms with Crippen LogP contribution in [0.15, 0.2) is 16.8 Å². The normalized spacial score (nSPS) is 19.8. The van der Waals surface area contributed by atoms with Crippen molar-refractivity contribution in [2.24, 2.45) is 0 Å². The number of morpholine rings is 1. The highest BCUT2D eigenvalue weighted by atomic mass is 32.2. The van der Waals surface area contributed by atoms with Crippen molar-refractivity contribution in [1.29, 1.82) is 0 Å². The van der Waals surface area contributed by atoms with Crippen molar-refractivity contribution in [3.8, 4) is 0 Å². The van der Waals surface area contributed by atoms with Gasteiger partial charge in [0, 0.05) is 25.7 Å². The van der Waals surface area contributed by atoms with E-state index in [1.165, 1.54) is 6.26 Å². The Labute approximate surface area is 112 Å². The highest BCUT2D eigenvalue weighted by Gasteiger charge is 2.23. The van der Waals surface area contributed by atoms with Crippen molar-refractivity contribution < 1.29 is 13.2 Å². The first-order valence-corrected chi connectivity index (χ1v) is 8.68. The maximum atomic E-state index is 11.2. The van der Waals surface area contributed by atoms with Crippen LogP contribution in [-0.4, -0.2) is 52.4 Å². The van der Waals surface area contributed by atoms with Gasteiger partial charge in [-0.3, -0.25) is 4.90 Å². The fourth-order valence-electron chi connectivity index (χ4n) is 2.04. The van der Waals surface area contributed by atoms with Crippen molar-refractivity contribution >= 4 is 21.4 Å². The van der Waals surface area contributed by atoms with Crippen molar-refractivity contribution in [3.05, 3.63) is 22.4 Å². The lowest BCUT2D eigenvalue weighted by molar-refractivity contribution is 0.0173. The number of hydrogen-bond acceptors (Lipinski definition) is 5. The first-order chi connectivity index (χ1) is 8.56. The molecule has 1 aromatic heterocycles. The summed E-state index contributed by atoms with van der Waals surface area (Å²) >= 11 is 1.63. The third-order valence-corrected chi connectivity index (χ3v) is 4.35. The topological polar surface area (TPSA) is 58.6 Å². The number of sulfonamides is 1. The first-order valence-electron chi connectivity index (χ1n) is 5.85. The lowest BCUT2D eigenvalue weighted by Crippen LogP contribution is -2.43. The van der Waals surface area contributed by atoms with E-state index in [2.05, 4.69) is 21.1 Å². The van der Waals surface area contributed by atoms with E-state index >= 15 is 0 Å². The summed E-state index contributed by atoms with van der Waals surface area (Å²) in [6, 6.07) is 2.14. The largest absolute Gasteiger partial charge is 0.379 e. The zero-order valence-electron chi connectivity index (χ0n) is 10.3. The van der Waals surface area contributed by atoms with Gasteiger partial charge < -0.3 is 4.74 Å². The van der Waals surface area contributed by atoms with Crippen molar-refractivity contribution in [3.63, 3.8) is 0 Å². The van der Waals surface area contributed by atoms with Crippen LogP contribution in [0.2, 0.25) is 0 Å². The van der Waals surface area contributed by atoms with Crippen LogP contribution in [0, 0.1) is 0 Å². The summed E-state index contributed by atoms with van der Waals surface area (Å²) < 4.78 is 30.4. The molecule has 0 spiro atoms. The van der Waals surface area contributed by atoms with Crippen LogP contribution in [0.5, 0.6) is 0 Å². The SMILES string of the molecule is CS(=O)(=O)NCC(c1ccsc1)N1CCOCC1. The Morgan fingerprint density at radius 3 is 2.78 bits per heavy atom. The number of thiophene rings is 1. The molecule has 0 bridgehead atoms. The molecule has 1 unspecified atom stereocenters. The zero-order chi connectivity index (χ0) is 13.0. The summed E-state index contributed by atoms with van der Waals surface area (Å²) in [6.45, 7) is 3.51. The van der Waals surface area contributed by atoms with E-state index in [-0.39, 0.29) is 6.04 Å². The molecule has 0 radical (unpaired) electrons. The van der Waals surface area contributed by atoms with Gasteiger partial charge in [-0.15, -0.1) is 0 Å². The molecule has 0 amide bonds. The molecule has 1 aliphatic rings. The number of hydrogen-bond donors (Lipinski definition) is 1. The van der Waals surface area contributed by atoms with E-state index in [1.807, 2.05) is 5.38 Å². The summed E-state index contributed by atoms with van der Waals surface area (Å²) in [5.41, 5.74) is 1.16.